The van der Waals surface area contributed by atoms with Gasteiger partial charge in [-0.05, 0) is 67.1 Å². The number of H-pyrrole nitrogens is 2. The molecule has 1 aliphatic heterocycles. The number of imidazole rings is 1. The smallest absolute Gasteiger partial charge is 0.407 e. The third kappa shape index (κ3) is 6.88. The van der Waals surface area contributed by atoms with Crippen molar-refractivity contribution in [1.29, 1.82) is 0 Å². The monoisotopic (exact) mass is 592 g/mol. The third-order valence-corrected chi connectivity index (χ3v) is 7.64. The Morgan fingerprint density at radius 2 is 2.00 bits per heavy atom. The highest BCUT2D eigenvalue weighted by atomic mass is 35.5. The van der Waals surface area contributed by atoms with Crippen LogP contribution in [0.25, 0.3) is 22.4 Å². The Balaban J connectivity index is 1.31. The average molecular weight is 593 g/mol. The molecule has 11 heteroatoms. The van der Waals surface area contributed by atoms with Gasteiger partial charge in [-0.25, -0.2) is 9.78 Å². The highest BCUT2D eigenvalue weighted by Crippen LogP contribution is 2.31. The Morgan fingerprint density at radius 3 is 2.74 bits per heavy atom. The normalized spacial score (nSPS) is 14.8. The van der Waals surface area contributed by atoms with E-state index in [1.54, 1.807) is 36.5 Å². The minimum absolute atomic E-state index is 0.0811. The Morgan fingerprint density at radius 1 is 1.21 bits per heavy atom. The van der Waals surface area contributed by atoms with Crippen molar-refractivity contribution in [2.75, 3.05) is 36.5 Å². The van der Waals surface area contributed by atoms with E-state index in [4.69, 9.17) is 21.3 Å². The Labute approximate surface area is 249 Å². The molecular weight excluding hydrogens is 556 g/mol. The highest BCUT2D eigenvalue weighted by Gasteiger charge is 2.23. The predicted octanol–water partition coefficient (Wildman–Crippen LogP) is 5.38. The standard InChI is InChI=1S/C31H37ClN6O4/c1-18(2)17-42-31(41)35-22-8-11-38(12-9-22)23-13-19(3)28-25(15-23)36-29(37-28)27-24(7-10-33-30(27)40)34-16-26(39)20-5-4-6-21(32)14-20/h4-7,10,13-15,18,22,26,39H,8-9,11-12,16-17H2,1-3H3,(H,35,41)(H,36,37)(H2,33,34,40). The van der Waals surface area contributed by atoms with Crippen molar-refractivity contribution in [3.05, 3.63) is 75.2 Å². The lowest BCUT2D eigenvalue weighted by Crippen LogP contribution is -2.45. The van der Waals surface area contributed by atoms with Gasteiger partial charge in [0.25, 0.3) is 5.56 Å². The van der Waals surface area contributed by atoms with Gasteiger partial charge in [0, 0.05) is 42.6 Å². The Hall–Kier alpha value is -4.02. The fourth-order valence-corrected chi connectivity index (χ4v) is 5.40. The van der Waals surface area contributed by atoms with Gasteiger partial charge >= 0.3 is 6.09 Å². The van der Waals surface area contributed by atoms with E-state index < -0.39 is 6.10 Å². The van der Waals surface area contributed by atoms with E-state index in [0.717, 1.165) is 48.2 Å². The highest BCUT2D eigenvalue weighted by molar-refractivity contribution is 6.30. The molecule has 0 saturated carbocycles. The number of carbonyl (C=O) groups is 1. The number of aliphatic hydroxyl groups excluding tert-OH is 1. The lowest BCUT2D eigenvalue weighted by molar-refractivity contribution is 0.128. The van der Waals surface area contributed by atoms with Crippen LogP contribution in [0.4, 0.5) is 16.2 Å². The number of rotatable bonds is 9. The fourth-order valence-electron chi connectivity index (χ4n) is 5.20. The number of hydrogen-bond donors (Lipinski definition) is 5. The lowest BCUT2D eigenvalue weighted by atomic mass is 10.0. The van der Waals surface area contributed by atoms with Crippen molar-refractivity contribution in [3.8, 4) is 11.4 Å². The van der Waals surface area contributed by atoms with Crippen molar-refractivity contribution in [2.24, 2.45) is 5.92 Å². The SMILES string of the molecule is Cc1cc(N2CCC(NC(=O)OCC(C)C)CC2)cc2[nH]c(-c3c(NCC(O)c4cccc(Cl)c4)cc[nH]c3=O)nc12. The minimum Gasteiger partial charge on any atom is -0.449 e. The van der Waals surface area contributed by atoms with Crippen LogP contribution in [-0.4, -0.2) is 58.4 Å². The molecule has 2 aromatic heterocycles. The summed E-state index contributed by atoms with van der Waals surface area (Å²) in [7, 11) is 0. The van der Waals surface area contributed by atoms with Gasteiger partial charge in [-0.1, -0.05) is 37.6 Å². The number of piperidine rings is 1. The number of anilines is 2. The first kappa shape index (κ1) is 29.5. The van der Waals surface area contributed by atoms with Gasteiger partial charge in [0.1, 0.15) is 11.4 Å². The summed E-state index contributed by atoms with van der Waals surface area (Å²) in [5.41, 5.74) is 4.95. The van der Waals surface area contributed by atoms with Crippen LogP contribution < -0.4 is 21.1 Å². The average Bonchev–Trinajstić information content (AvgIpc) is 3.39. The zero-order valence-electron chi connectivity index (χ0n) is 24.0. The zero-order valence-corrected chi connectivity index (χ0v) is 24.8. The molecule has 5 rings (SSSR count). The molecule has 5 N–H and O–H groups in total. The minimum atomic E-state index is -0.818. The van der Waals surface area contributed by atoms with E-state index >= 15 is 0 Å². The lowest BCUT2D eigenvalue weighted by Gasteiger charge is -2.34. The second kappa shape index (κ2) is 12.9. The van der Waals surface area contributed by atoms with Crippen LogP contribution in [0.1, 0.15) is 43.9 Å². The van der Waals surface area contributed by atoms with Crippen LogP contribution in [0.2, 0.25) is 5.02 Å². The number of aromatic nitrogens is 3. The number of nitrogens with zero attached hydrogens (tertiary/aromatic N) is 2. The number of amides is 1. The molecule has 42 heavy (non-hydrogen) atoms. The molecule has 1 aliphatic rings. The summed E-state index contributed by atoms with van der Waals surface area (Å²) in [5.74, 6) is 0.740. The summed E-state index contributed by atoms with van der Waals surface area (Å²) >= 11 is 6.08. The molecule has 1 unspecified atom stereocenters. The predicted molar refractivity (Wildman–Crippen MR) is 166 cm³/mol. The number of carbonyl (C=O) groups excluding carboxylic acids is 1. The Kier molecular flexibility index (Phi) is 9.03. The van der Waals surface area contributed by atoms with Gasteiger partial charge in [-0.2, -0.15) is 0 Å². The maximum Gasteiger partial charge on any atom is 0.407 e. The van der Waals surface area contributed by atoms with E-state index in [1.807, 2.05) is 20.8 Å². The summed E-state index contributed by atoms with van der Waals surface area (Å²) in [5, 5.41) is 17.4. The number of aromatic amines is 2. The van der Waals surface area contributed by atoms with Crippen molar-refractivity contribution in [3.63, 3.8) is 0 Å². The topological polar surface area (TPSA) is 135 Å². The number of benzene rings is 2. The molecule has 222 valence electrons. The van der Waals surface area contributed by atoms with E-state index in [1.165, 1.54) is 0 Å². The second-order valence-corrected chi connectivity index (χ2v) is 11.6. The molecule has 1 saturated heterocycles. The van der Waals surface area contributed by atoms with Crippen molar-refractivity contribution >= 4 is 40.1 Å². The second-order valence-electron chi connectivity index (χ2n) is 11.2. The van der Waals surface area contributed by atoms with Crippen LogP contribution in [-0.2, 0) is 4.74 Å². The summed E-state index contributed by atoms with van der Waals surface area (Å²) in [6.07, 6.45) is 2.03. The zero-order chi connectivity index (χ0) is 29.8. The maximum absolute atomic E-state index is 13.0. The van der Waals surface area contributed by atoms with Gasteiger partial charge in [-0.3, -0.25) is 4.79 Å². The number of alkyl carbamates (subject to hydrolysis) is 1. The first-order chi connectivity index (χ1) is 20.2. The van der Waals surface area contributed by atoms with E-state index in [2.05, 4.69) is 37.6 Å². The summed E-state index contributed by atoms with van der Waals surface area (Å²) in [6, 6.07) is 13.0. The van der Waals surface area contributed by atoms with E-state index in [0.29, 0.717) is 40.2 Å². The molecule has 0 bridgehead atoms. The number of aliphatic hydroxyl groups is 1. The van der Waals surface area contributed by atoms with Gasteiger partial charge < -0.3 is 35.3 Å². The van der Waals surface area contributed by atoms with E-state index in [-0.39, 0.29) is 24.2 Å². The molecule has 3 heterocycles. The number of halogens is 1. The third-order valence-electron chi connectivity index (χ3n) is 7.41. The number of pyridine rings is 1. The van der Waals surface area contributed by atoms with Crippen molar-refractivity contribution in [1.82, 2.24) is 20.3 Å². The van der Waals surface area contributed by atoms with Crippen LogP contribution in [0.5, 0.6) is 0 Å². The molecule has 4 aromatic rings. The van der Waals surface area contributed by atoms with Crippen LogP contribution in [0.15, 0.2) is 53.5 Å². The van der Waals surface area contributed by atoms with Gasteiger partial charge in [-0.15, -0.1) is 0 Å². The molecule has 1 amide bonds. The van der Waals surface area contributed by atoms with Gasteiger partial charge in [0.2, 0.25) is 0 Å². The van der Waals surface area contributed by atoms with Crippen LogP contribution >= 0.6 is 11.6 Å². The molecule has 0 aliphatic carbocycles. The molecule has 0 spiro atoms. The summed E-state index contributed by atoms with van der Waals surface area (Å²) in [6.45, 7) is 8.21. The number of hydrogen-bond acceptors (Lipinski definition) is 7. The van der Waals surface area contributed by atoms with Crippen molar-refractivity contribution in [2.45, 2.75) is 45.8 Å². The molecule has 10 nitrogen and oxygen atoms in total. The number of fused-ring (bicyclic) bond motifs is 1. The van der Waals surface area contributed by atoms with Crippen molar-refractivity contribution < 1.29 is 14.6 Å². The van der Waals surface area contributed by atoms with Crippen LogP contribution in [0.3, 0.4) is 0 Å². The molecule has 1 atom stereocenters. The summed E-state index contributed by atoms with van der Waals surface area (Å²) < 4.78 is 5.27. The Bertz CT molecular complexity index is 1610. The number of aryl methyl sites for hydroxylation is 1. The molecular formula is C31H37ClN6O4. The number of ether oxygens (including phenoxy) is 1. The van der Waals surface area contributed by atoms with Gasteiger partial charge in [0.15, 0.2) is 0 Å². The summed E-state index contributed by atoms with van der Waals surface area (Å²) in [4.78, 5) is 38.2. The van der Waals surface area contributed by atoms with E-state index in [9.17, 15) is 14.7 Å². The first-order valence-electron chi connectivity index (χ1n) is 14.3. The molecule has 0 radical (unpaired) electrons. The quantitative estimate of drug-likeness (QED) is 0.176. The molecule has 1 fully saturated rings. The number of nitrogens with one attached hydrogen (secondary N) is 4. The van der Waals surface area contributed by atoms with Crippen LogP contribution in [0, 0.1) is 12.8 Å². The van der Waals surface area contributed by atoms with Gasteiger partial charge in [0.05, 0.1) is 29.4 Å². The largest absolute Gasteiger partial charge is 0.449 e. The first-order valence-corrected chi connectivity index (χ1v) is 14.6. The molecule has 2 aromatic carbocycles. The fraction of sp³-hybridized carbons (Fsp3) is 0.387. The maximum atomic E-state index is 13.0.